The molecule has 0 spiro atoms. The third kappa shape index (κ3) is 5.08. The summed E-state index contributed by atoms with van der Waals surface area (Å²) < 4.78 is 0. The lowest BCUT2D eigenvalue weighted by Gasteiger charge is -2.22. The Bertz CT molecular complexity index is 450. The zero-order valence-electron chi connectivity index (χ0n) is 11.4. The Balaban J connectivity index is 2.57. The Morgan fingerprint density at radius 2 is 2.00 bits per heavy atom. The summed E-state index contributed by atoms with van der Waals surface area (Å²) in [5.41, 5.74) is 4.20. The molecule has 1 rings (SSSR count). The fourth-order valence-electron chi connectivity index (χ4n) is 1.73. The second-order valence-corrected chi connectivity index (χ2v) is 4.69. The van der Waals surface area contributed by atoms with Gasteiger partial charge >= 0.3 is 0 Å². The molecule has 0 aliphatic carbocycles. The van der Waals surface area contributed by atoms with Gasteiger partial charge in [0.2, 0.25) is 5.91 Å². The van der Waals surface area contributed by atoms with Gasteiger partial charge in [0.1, 0.15) is 0 Å². The molecule has 102 valence electrons. The van der Waals surface area contributed by atoms with Crippen LogP contribution in [0.2, 0.25) is 0 Å². The van der Waals surface area contributed by atoms with E-state index in [4.69, 9.17) is 11.1 Å². The molecule has 5 nitrogen and oxygen atoms in total. The lowest BCUT2D eigenvalue weighted by Crippen LogP contribution is -2.31. The van der Waals surface area contributed by atoms with Crippen molar-refractivity contribution in [3.05, 3.63) is 35.4 Å². The molecule has 0 aliphatic rings. The minimum Gasteiger partial charge on any atom is -0.298 e. The topological polar surface area (TPSA) is 82.2 Å². The third-order valence-corrected chi connectivity index (χ3v) is 3.12. The molecule has 0 saturated carbocycles. The number of nitrogens with one attached hydrogen (secondary N) is 1. The van der Waals surface area contributed by atoms with Gasteiger partial charge in [-0.2, -0.15) is 5.26 Å². The van der Waals surface area contributed by atoms with Gasteiger partial charge < -0.3 is 0 Å². The van der Waals surface area contributed by atoms with Crippen LogP contribution in [0.4, 0.5) is 0 Å². The number of nitrogens with two attached hydrogens (primary N) is 1. The smallest absolute Gasteiger partial charge is 0.238 e. The number of hydrazine groups is 1. The van der Waals surface area contributed by atoms with Crippen molar-refractivity contribution in [3.8, 4) is 6.07 Å². The lowest BCUT2D eigenvalue weighted by atomic mass is 10.1. The van der Waals surface area contributed by atoms with E-state index in [9.17, 15) is 4.79 Å². The van der Waals surface area contributed by atoms with E-state index in [1.807, 2.05) is 38.2 Å². The predicted octanol–water partition coefficient (Wildman–Crippen LogP) is 0.953. The molecule has 0 bridgehead atoms. The molecule has 19 heavy (non-hydrogen) atoms. The molecule has 0 radical (unpaired) electrons. The molecule has 0 saturated heterocycles. The van der Waals surface area contributed by atoms with Crippen LogP contribution in [0.15, 0.2) is 24.3 Å². The van der Waals surface area contributed by atoms with Crippen LogP contribution in [-0.2, 0) is 17.8 Å². The predicted molar refractivity (Wildman–Crippen MR) is 73.6 cm³/mol. The van der Waals surface area contributed by atoms with Gasteiger partial charge in [0.15, 0.2) is 0 Å². The quantitative estimate of drug-likeness (QED) is 0.453. The standard InChI is InChI=1S/C14H20N4O/c1-11(7-8-15)18(2)10-13-5-3-12(4-6-13)9-14(19)17-16/h3-6,11H,7,9-10,16H2,1-2H3,(H,17,19). The summed E-state index contributed by atoms with van der Waals surface area (Å²) in [6.07, 6.45) is 0.808. The second-order valence-electron chi connectivity index (χ2n) is 4.69. The zero-order valence-corrected chi connectivity index (χ0v) is 11.4. The molecule has 0 aliphatic heterocycles. The molecule has 0 fully saturated rings. The van der Waals surface area contributed by atoms with Crippen molar-refractivity contribution in [2.24, 2.45) is 5.84 Å². The molecule has 1 atom stereocenters. The Labute approximate surface area is 114 Å². The van der Waals surface area contributed by atoms with Crippen LogP contribution in [0.25, 0.3) is 0 Å². The molecule has 1 amide bonds. The highest BCUT2D eigenvalue weighted by atomic mass is 16.2. The normalized spacial score (nSPS) is 11.9. The number of carbonyl (C=O) groups is 1. The maximum Gasteiger partial charge on any atom is 0.238 e. The highest BCUT2D eigenvalue weighted by Crippen LogP contribution is 2.10. The van der Waals surface area contributed by atoms with Gasteiger partial charge in [-0.3, -0.25) is 15.1 Å². The first kappa shape index (κ1) is 15.2. The van der Waals surface area contributed by atoms with E-state index < -0.39 is 0 Å². The van der Waals surface area contributed by atoms with Gasteiger partial charge in [0, 0.05) is 12.6 Å². The summed E-state index contributed by atoms with van der Waals surface area (Å²) >= 11 is 0. The number of rotatable bonds is 6. The van der Waals surface area contributed by atoms with E-state index in [1.165, 1.54) is 0 Å². The second kappa shape index (κ2) is 7.52. The van der Waals surface area contributed by atoms with Crippen molar-refractivity contribution in [2.45, 2.75) is 32.4 Å². The minimum absolute atomic E-state index is 0.201. The number of hydrogen-bond acceptors (Lipinski definition) is 4. The summed E-state index contributed by atoms with van der Waals surface area (Å²) in [5, 5.41) is 8.67. The molecule has 1 unspecified atom stereocenters. The van der Waals surface area contributed by atoms with Gasteiger partial charge in [0.25, 0.3) is 0 Å². The maximum atomic E-state index is 11.1. The van der Waals surface area contributed by atoms with E-state index in [2.05, 4.69) is 16.4 Å². The molecule has 5 heteroatoms. The first-order chi connectivity index (χ1) is 9.06. The summed E-state index contributed by atoms with van der Waals surface area (Å²) in [6, 6.07) is 10.2. The van der Waals surface area contributed by atoms with Gasteiger partial charge in [-0.25, -0.2) is 5.84 Å². The molecule has 3 N–H and O–H groups in total. The molecule has 0 heterocycles. The molecular formula is C14H20N4O. The monoisotopic (exact) mass is 260 g/mol. The van der Waals surface area contributed by atoms with Gasteiger partial charge in [-0.05, 0) is 25.1 Å². The molecule has 1 aromatic carbocycles. The lowest BCUT2D eigenvalue weighted by molar-refractivity contribution is -0.120. The van der Waals surface area contributed by atoms with Crippen molar-refractivity contribution in [1.82, 2.24) is 10.3 Å². The van der Waals surface area contributed by atoms with Crippen LogP contribution < -0.4 is 11.3 Å². The van der Waals surface area contributed by atoms with Crippen LogP contribution in [-0.4, -0.2) is 23.9 Å². The van der Waals surface area contributed by atoms with Crippen molar-refractivity contribution in [3.63, 3.8) is 0 Å². The van der Waals surface area contributed by atoms with E-state index in [1.54, 1.807) is 0 Å². The van der Waals surface area contributed by atoms with E-state index in [0.29, 0.717) is 6.42 Å². The fraction of sp³-hybridized carbons (Fsp3) is 0.429. The summed E-state index contributed by atoms with van der Waals surface area (Å²) in [5.74, 6) is 4.84. The van der Waals surface area contributed by atoms with Crippen LogP contribution in [0.1, 0.15) is 24.5 Å². The highest BCUT2D eigenvalue weighted by Gasteiger charge is 2.09. The number of benzene rings is 1. The number of carbonyl (C=O) groups excluding carboxylic acids is 1. The summed E-state index contributed by atoms with van der Waals surface area (Å²) in [6.45, 7) is 2.81. The molecule has 0 aromatic heterocycles. The molecule has 1 aromatic rings. The Kier molecular flexibility index (Phi) is 6.00. The van der Waals surface area contributed by atoms with Gasteiger partial charge in [-0.15, -0.1) is 0 Å². The van der Waals surface area contributed by atoms with Crippen molar-refractivity contribution in [2.75, 3.05) is 7.05 Å². The Morgan fingerprint density at radius 3 is 2.53 bits per heavy atom. The zero-order chi connectivity index (χ0) is 14.3. The van der Waals surface area contributed by atoms with E-state index in [-0.39, 0.29) is 18.4 Å². The van der Waals surface area contributed by atoms with Crippen molar-refractivity contribution < 1.29 is 4.79 Å². The van der Waals surface area contributed by atoms with Crippen LogP contribution >= 0.6 is 0 Å². The Hall–Kier alpha value is -1.90. The average Bonchev–Trinajstić information content (AvgIpc) is 2.41. The first-order valence-electron chi connectivity index (χ1n) is 6.21. The van der Waals surface area contributed by atoms with Crippen LogP contribution in [0, 0.1) is 11.3 Å². The summed E-state index contributed by atoms with van der Waals surface area (Å²) in [7, 11) is 2.00. The summed E-state index contributed by atoms with van der Waals surface area (Å²) in [4.78, 5) is 13.3. The SMILES string of the molecule is CC(CC#N)N(C)Cc1ccc(CC(=O)NN)cc1. The number of nitrogens with zero attached hydrogens (tertiary/aromatic N) is 2. The molecular weight excluding hydrogens is 240 g/mol. The highest BCUT2D eigenvalue weighted by molar-refractivity contribution is 5.77. The van der Waals surface area contributed by atoms with E-state index >= 15 is 0 Å². The van der Waals surface area contributed by atoms with Crippen LogP contribution in [0.5, 0.6) is 0 Å². The third-order valence-electron chi connectivity index (χ3n) is 3.12. The number of hydrogen-bond donors (Lipinski definition) is 2. The first-order valence-corrected chi connectivity index (χ1v) is 6.21. The fourth-order valence-corrected chi connectivity index (χ4v) is 1.73. The average molecular weight is 260 g/mol. The number of nitriles is 1. The van der Waals surface area contributed by atoms with Crippen molar-refractivity contribution >= 4 is 5.91 Å². The Morgan fingerprint density at radius 1 is 1.42 bits per heavy atom. The van der Waals surface area contributed by atoms with Gasteiger partial charge in [0.05, 0.1) is 18.9 Å². The van der Waals surface area contributed by atoms with Crippen LogP contribution in [0.3, 0.4) is 0 Å². The van der Waals surface area contributed by atoms with E-state index in [0.717, 1.165) is 17.7 Å². The maximum absolute atomic E-state index is 11.1. The number of amides is 1. The van der Waals surface area contributed by atoms with Gasteiger partial charge in [-0.1, -0.05) is 24.3 Å². The van der Waals surface area contributed by atoms with Crippen molar-refractivity contribution in [1.29, 1.82) is 5.26 Å². The largest absolute Gasteiger partial charge is 0.298 e. The minimum atomic E-state index is -0.201.